The van der Waals surface area contributed by atoms with Gasteiger partial charge in [-0.3, -0.25) is 9.36 Å². The third-order valence-electron chi connectivity index (χ3n) is 9.55. The zero-order chi connectivity index (χ0) is 30.2. The van der Waals surface area contributed by atoms with Crippen LogP contribution in [0.15, 0.2) is 151 Å². The molecule has 210 valence electrons. The van der Waals surface area contributed by atoms with Crippen LogP contribution in [0.3, 0.4) is 0 Å². The van der Waals surface area contributed by atoms with E-state index in [1.54, 1.807) is 6.08 Å². The summed E-state index contributed by atoms with van der Waals surface area (Å²) in [6.07, 6.45) is 3.66. The van der Waals surface area contributed by atoms with Gasteiger partial charge in [0.05, 0.1) is 11.2 Å². The molecule has 0 amide bonds. The van der Waals surface area contributed by atoms with Gasteiger partial charge in [0.2, 0.25) is 0 Å². The first-order valence-electron chi connectivity index (χ1n) is 15.1. The van der Waals surface area contributed by atoms with Gasteiger partial charge < -0.3 is 0 Å². The molecule has 1 aliphatic heterocycles. The first kappa shape index (κ1) is 26.2. The average molecular weight is 566 g/mol. The number of rotatable bonds is 4. The number of hydrogen-bond acceptors (Lipinski definition) is 1. The third-order valence-corrected chi connectivity index (χ3v) is 9.55. The average Bonchev–Trinajstić information content (AvgIpc) is 3.06. The highest BCUT2D eigenvalue weighted by Gasteiger charge is 2.34. The molecule has 0 atom stereocenters. The number of pyridine rings is 1. The van der Waals surface area contributed by atoms with E-state index in [9.17, 15) is 4.79 Å². The van der Waals surface area contributed by atoms with Crippen molar-refractivity contribution in [1.82, 2.24) is 4.57 Å². The lowest BCUT2D eigenvalue weighted by Crippen LogP contribution is -2.32. The lowest BCUT2D eigenvalue weighted by Gasteiger charge is -2.36. The molecular formula is C42H31NO. The van der Waals surface area contributed by atoms with Crippen molar-refractivity contribution in [2.24, 2.45) is 0 Å². The smallest absolute Gasteiger partial charge is 0.263 e. The largest absolute Gasteiger partial charge is 0.276 e. The van der Waals surface area contributed by atoms with E-state index in [0.717, 1.165) is 38.7 Å². The van der Waals surface area contributed by atoms with E-state index in [0.29, 0.717) is 5.39 Å². The Bertz CT molecular complexity index is 2400. The van der Waals surface area contributed by atoms with Crippen LogP contribution in [-0.4, -0.2) is 4.57 Å². The minimum Gasteiger partial charge on any atom is -0.276 e. The molecule has 0 bridgehead atoms. The van der Waals surface area contributed by atoms with Gasteiger partial charge in [-0.2, -0.15) is 0 Å². The second-order valence-corrected chi connectivity index (χ2v) is 12.1. The second kappa shape index (κ2) is 9.52. The summed E-state index contributed by atoms with van der Waals surface area (Å²) in [5.41, 5.74) is 8.21. The molecular weight excluding hydrogens is 534 g/mol. The fraction of sp³-hybridized carbons (Fsp3) is 0.0714. The van der Waals surface area contributed by atoms with Gasteiger partial charge >= 0.3 is 0 Å². The molecule has 2 heterocycles. The summed E-state index contributed by atoms with van der Waals surface area (Å²) >= 11 is 0. The van der Waals surface area contributed by atoms with Crippen LogP contribution in [0.4, 0.5) is 0 Å². The molecule has 0 saturated carbocycles. The predicted molar refractivity (Wildman–Crippen MR) is 188 cm³/mol. The fourth-order valence-electron chi connectivity index (χ4n) is 7.57. The minimum atomic E-state index is -0.331. The van der Waals surface area contributed by atoms with Gasteiger partial charge in [0.1, 0.15) is 0 Å². The maximum Gasteiger partial charge on any atom is 0.263 e. The molecule has 1 aromatic heterocycles. The molecule has 0 fully saturated rings. The molecule has 0 N–H and O–H groups in total. The number of allylic oxidation sites excluding steroid dienone is 4. The highest BCUT2D eigenvalue weighted by atomic mass is 16.1. The van der Waals surface area contributed by atoms with Gasteiger partial charge in [-0.05, 0) is 78.5 Å². The molecule has 0 radical (unpaired) electrons. The molecule has 0 unspecified atom stereocenters. The molecule has 2 nitrogen and oxygen atoms in total. The third kappa shape index (κ3) is 3.46. The topological polar surface area (TPSA) is 22.0 Å². The van der Waals surface area contributed by atoms with Crippen LogP contribution < -0.4 is 5.56 Å². The van der Waals surface area contributed by atoms with Crippen molar-refractivity contribution in [2.45, 2.75) is 19.3 Å². The van der Waals surface area contributed by atoms with Crippen LogP contribution in [0.5, 0.6) is 0 Å². The van der Waals surface area contributed by atoms with E-state index in [-0.39, 0.29) is 11.0 Å². The number of para-hydroxylation sites is 1. The summed E-state index contributed by atoms with van der Waals surface area (Å²) < 4.78 is 1.85. The van der Waals surface area contributed by atoms with E-state index in [2.05, 4.69) is 136 Å². The molecule has 0 saturated heterocycles. The Balaban J connectivity index is 1.51. The Hall–Kier alpha value is -5.47. The molecule has 8 rings (SSSR count). The van der Waals surface area contributed by atoms with Gasteiger partial charge in [0.15, 0.2) is 0 Å². The van der Waals surface area contributed by atoms with Gasteiger partial charge in [-0.25, -0.2) is 0 Å². The number of benzene rings is 6. The van der Waals surface area contributed by atoms with E-state index >= 15 is 0 Å². The molecule has 6 aromatic carbocycles. The van der Waals surface area contributed by atoms with Crippen molar-refractivity contribution >= 4 is 48.9 Å². The van der Waals surface area contributed by atoms with Crippen LogP contribution in [0.2, 0.25) is 0 Å². The molecule has 44 heavy (non-hydrogen) atoms. The lowest BCUT2D eigenvalue weighted by atomic mass is 9.73. The Labute approximate surface area is 256 Å². The van der Waals surface area contributed by atoms with Crippen molar-refractivity contribution in [3.63, 3.8) is 0 Å². The Kier molecular flexibility index (Phi) is 5.66. The van der Waals surface area contributed by atoms with Crippen LogP contribution in [0, 0.1) is 0 Å². The van der Waals surface area contributed by atoms with Crippen molar-refractivity contribution in [3.8, 4) is 22.3 Å². The first-order chi connectivity index (χ1) is 21.5. The SMILES string of the molecule is C=CC1=C(C=C)C(C)(C)c2cccc3c4cc(-c5c6ccccc6c(-c6ccccc6)c6ccccc56)ccc4c(=O)n1c23. The fourth-order valence-corrected chi connectivity index (χ4v) is 7.57. The zero-order valence-corrected chi connectivity index (χ0v) is 24.9. The van der Waals surface area contributed by atoms with E-state index < -0.39 is 0 Å². The number of fused-ring (bicyclic) bond motifs is 4. The van der Waals surface area contributed by atoms with Crippen LogP contribution in [-0.2, 0) is 5.41 Å². The summed E-state index contributed by atoms with van der Waals surface area (Å²) in [6, 6.07) is 40.7. The summed E-state index contributed by atoms with van der Waals surface area (Å²) in [6.45, 7) is 12.6. The first-order valence-corrected chi connectivity index (χ1v) is 15.1. The standard InChI is InChI=1S/C42H31NO/c1-5-35-37(6-2)43-40-32(21-14-22-36(40)42(35,3)4)34-25-27(23-24-33(34)41(43)44)39-30-19-12-10-17-28(30)38(26-15-8-7-9-16-26)29-18-11-13-20-31(29)39/h5-25H,1-2H2,3-4H3. The van der Waals surface area contributed by atoms with Crippen LogP contribution in [0.1, 0.15) is 19.4 Å². The Morgan fingerprint density at radius 3 is 1.73 bits per heavy atom. The van der Waals surface area contributed by atoms with E-state index in [4.69, 9.17) is 0 Å². The maximum absolute atomic E-state index is 14.3. The number of aromatic nitrogens is 1. The Morgan fingerprint density at radius 2 is 1.14 bits per heavy atom. The summed E-state index contributed by atoms with van der Waals surface area (Å²) in [5, 5.41) is 7.52. The van der Waals surface area contributed by atoms with Crippen molar-refractivity contribution in [2.75, 3.05) is 0 Å². The van der Waals surface area contributed by atoms with E-state index in [1.807, 2.05) is 16.7 Å². The molecule has 0 spiro atoms. The van der Waals surface area contributed by atoms with Crippen molar-refractivity contribution in [3.05, 3.63) is 162 Å². The van der Waals surface area contributed by atoms with Gasteiger partial charge in [0.25, 0.3) is 5.56 Å². The van der Waals surface area contributed by atoms with Crippen molar-refractivity contribution in [1.29, 1.82) is 0 Å². The Morgan fingerprint density at radius 1 is 0.568 bits per heavy atom. The summed E-state index contributed by atoms with van der Waals surface area (Å²) in [5.74, 6) is 0. The van der Waals surface area contributed by atoms with Crippen molar-refractivity contribution < 1.29 is 0 Å². The van der Waals surface area contributed by atoms with Crippen LogP contribution in [0.25, 0.3) is 71.2 Å². The lowest BCUT2D eigenvalue weighted by molar-refractivity contribution is 0.632. The number of hydrogen-bond donors (Lipinski definition) is 0. The quantitative estimate of drug-likeness (QED) is 0.154. The second-order valence-electron chi connectivity index (χ2n) is 12.1. The predicted octanol–water partition coefficient (Wildman–Crippen LogP) is 10.7. The van der Waals surface area contributed by atoms with Gasteiger partial charge in [-0.15, -0.1) is 0 Å². The monoisotopic (exact) mass is 565 g/mol. The van der Waals surface area contributed by atoms with E-state index in [1.165, 1.54) is 38.2 Å². The molecule has 7 aromatic rings. The van der Waals surface area contributed by atoms with Gasteiger partial charge in [0, 0.05) is 16.2 Å². The highest BCUT2D eigenvalue weighted by molar-refractivity contribution is 6.22. The summed E-state index contributed by atoms with van der Waals surface area (Å²) in [4.78, 5) is 14.3. The minimum absolute atomic E-state index is 0.0367. The molecule has 0 aliphatic carbocycles. The van der Waals surface area contributed by atoms with Gasteiger partial charge in [-0.1, -0.05) is 136 Å². The zero-order valence-electron chi connectivity index (χ0n) is 24.9. The number of nitrogens with zero attached hydrogens (tertiary/aromatic N) is 1. The molecule has 2 heteroatoms. The van der Waals surface area contributed by atoms with Crippen LogP contribution >= 0.6 is 0 Å². The maximum atomic E-state index is 14.3. The highest BCUT2D eigenvalue weighted by Crippen LogP contribution is 2.47. The normalized spacial score (nSPS) is 14.0. The summed E-state index contributed by atoms with van der Waals surface area (Å²) in [7, 11) is 0. The molecule has 1 aliphatic rings.